The van der Waals surface area contributed by atoms with Gasteiger partial charge in [-0.25, -0.2) is 8.78 Å². The van der Waals surface area contributed by atoms with Gasteiger partial charge < -0.3 is 0 Å². The molecule has 1 nitrogen and oxygen atoms in total. The van der Waals surface area contributed by atoms with Crippen LogP contribution in [0.3, 0.4) is 0 Å². The Balaban J connectivity index is 0.00000121. The minimum atomic E-state index is -2.47. The molecule has 0 atom stereocenters. The number of alkyl halides is 3. The maximum atomic E-state index is 12.0. The first-order chi connectivity index (χ1) is 5.24. The lowest BCUT2D eigenvalue weighted by Gasteiger charge is -1.99. The molecule has 0 bridgehead atoms. The summed E-state index contributed by atoms with van der Waals surface area (Å²) >= 11 is 5.42. The van der Waals surface area contributed by atoms with E-state index in [4.69, 9.17) is 11.6 Å². The van der Waals surface area contributed by atoms with E-state index < -0.39 is 6.43 Å². The Morgan fingerprint density at radius 3 is 2.58 bits per heavy atom. The third kappa shape index (κ3) is 2.91. The first kappa shape index (κ1) is 11.6. The van der Waals surface area contributed by atoms with Crippen LogP contribution < -0.4 is 0 Å². The van der Waals surface area contributed by atoms with E-state index >= 15 is 0 Å². The van der Waals surface area contributed by atoms with Crippen molar-refractivity contribution < 1.29 is 8.78 Å². The Hall–Kier alpha value is -0.410. The summed E-state index contributed by atoms with van der Waals surface area (Å²) in [5.74, 6) is 0.216. The normalized spacial score (nSPS) is 9.67. The highest BCUT2D eigenvalue weighted by Crippen LogP contribution is 2.18. The monoisotopic (exact) mass is 213 g/mol. The summed E-state index contributed by atoms with van der Waals surface area (Å²) in [5, 5.41) is 0. The molecule has 1 heterocycles. The lowest BCUT2D eigenvalue weighted by atomic mass is 10.2. The summed E-state index contributed by atoms with van der Waals surface area (Å²) < 4.78 is 24.0. The van der Waals surface area contributed by atoms with Gasteiger partial charge in [-0.15, -0.1) is 24.0 Å². The van der Waals surface area contributed by atoms with Crippen LogP contribution in [0.5, 0.6) is 0 Å². The second-order valence-electron chi connectivity index (χ2n) is 2.06. The van der Waals surface area contributed by atoms with E-state index in [0.717, 1.165) is 6.20 Å². The van der Waals surface area contributed by atoms with Gasteiger partial charge >= 0.3 is 0 Å². The average Bonchev–Trinajstić information content (AvgIpc) is 2.05. The molecule has 0 aromatic carbocycles. The summed E-state index contributed by atoms with van der Waals surface area (Å²) in [5.41, 5.74) is 0.535. The summed E-state index contributed by atoms with van der Waals surface area (Å²) in [4.78, 5) is 3.61. The van der Waals surface area contributed by atoms with Crippen LogP contribution in [0.4, 0.5) is 8.78 Å². The van der Waals surface area contributed by atoms with Crippen molar-refractivity contribution in [3.05, 3.63) is 29.6 Å². The number of aromatic nitrogens is 1. The quantitative estimate of drug-likeness (QED) is 0.689. The Morgan fingerprint density at radius 1 is 1.42 bits per heavy atom. The Labute approximate surface area is 80.2 Å². The molecule has 0 saturated heterocycles. The molecule has 0 unspecified atom stereocenters. The van der Waals surface area contributed by atoms with Crippen LogP contribution in [0, 0.1) is 0 Å². The highest BCUT2D eigenvalue weighted by Gasteiger charge is 2.06. The molecule has 0 aliphatic carbocycles. The van der Waals surface area contributed by atoms with E-state index in [9.17, 15) is 8.78 Å². The van der Waals surface area contributed by atoms with Crippen LogP contribution in [0.2, 0.25) is 0 Å². The predicted octanol–water partition coefficient (Wildman–Crippen LogP) is 3.18. The van der Waals surface area contributed by atoms with Crippen LogP contribution >= 0.6 is 24.0 Å². The van der Waals surface area contributed by atoms with Crippen molar-refractivity contribution >= 4 is 24.0 Å². The number of nitrogens with zero attached hydrogens (tertiary/aromatic N) is 1. The molecule has 1 aromatic heterocycles. The summed E-state index contributed by atoms with van der Waals surface area (Å²) in [6, 6.07) is 1.35. The molecule has 1 aromatic rings. The number of halogens is 4. The van der Waals surface area contributed by atoms with Crippen LogP contribution in [0.25, 0.3) is 0 Å². The Bertz CT molecular complexity index is 243. The molecular weight excluding hydrogens is 207 g/mol. The van der Waals surface area contributed by atoms with E-state index in [-0.39, 0.29) is 23.9 Å². The molecule has 68 valence electrons. The van der Waals surface area contributed by atoms with E-state index in [1.54, 1.807) is 0 Å². The van der Waals surface area contributed by atoms with Crippen molar-refractivity contribution in [2.45, 2.75) is 12.3 Å². The molecule has 5 heteroatoms. The minimum absolute atomic E-state index is 0. The number of rotatable bonds is 2. The lowest BCUT2D eigenvalue weighted by Crippen LogP contribution is -1.88. The van der Waals surface area contributed by atoms with Gasteiger partial charge in [0.05, 0.1) is 0 Å². The van der Waals surface area contributed by atoms with E-state index in [1.807, 2.05) is 0 Å². The maximum absolute atomic E-state index is 12.0. The fraction of sp³-hybridized carbons (Fsp3) is 0.286. The lowest BCUT2D eigenvalue weighted by molar-refractivity contribution is 0.151. The van der Waals surface area contributed by atoms with Crippen molar-refractivity contribution in [1.82, 2.24) is 4.98 Å². The average molecular weight is 214 g/mol. The minimum Gasteiger partial charge on any atom is -0.264 e. The zero-order valence-corrected chi connectivity index (χ0v) is 7.58. The van der Waals surface area contributed by atoms with Crippen LogP contribution in [0.15, 0.2) is 18.5 Å². The molecule has 0 radical (unpaired) electrons. The number of hydrogen-bond donors (Lipinski definition) is 0. The Kier molecular flexibility index (Phi) is 5.09. The van der Waals surface area contributed by atoms with Crippen LogP contribution in [-0.2, 0) is 5.88 Å². The molecule has 1 rings (SSSR count). The van der Waals surface area contributed by atoms with Gasteiger partial charge in [0, 0.05) is 23.8 Å². The molecule has 0 saturated carbocycles. The molecule has 0 spiro atoms. The third-order valence-electron chi connectivity index (χ3n) is 1.22. The predicted molar refractivity (Wildman–Crippen MR) is 46.0 cm³/mol. The first-order valence-corrected chi connectivity index (χ1v) is 3.55. The van der Waals surface area contributed by atoms with Crippen molar-refractivity contribution in [2.24, 2.45) is 0 Å². The molecule has 0 aliphatic heterocycles. The molecule has 0 fully saturated rings. The first-order valence-electron chi connectivity index (χ1n) is 3.02. The van der Waals surface area contributed by atoms with Gasteiger partial charge in [-0.05, 0) is 11.6 Å². The van der Waals surface area contributed by atoms with Gasteiger partial charge in [0.1, 0.15) is 0 Å². The number of pyridine rings is 1. The van der Waals surface area contributed by atoms with Crippen molar-refractivity contribution in [2.75, 3.05) is 0 Å². The fourth-order valence-corrected chi connectivity index (χ4v) is 0.846. The largest absolute Gasteiger partial charge is 0.265 e. The van der Waals surface area contributed by atoms with Gasteiger partial charge in [-0.2, -0.15) is 0 Å². The third-order valence-corrected chi connectivity index (χ3v) is 1.53. The van der Waals surface area contributed by atoms with E-state index in [0.29, 0.717) is 5.56 Å². The van der Waals surface area contributed by atoms with E-state index in [2.05, 4.69) is 4.98 Å². The molecular formula is C7H7Cl2F2N. The van der Waals surface area contributed by atoms with Gasteiger partial charge in [0.15, 0.2) is 0 Å². The van der Waals surface area contributed by atoms with Gasteiger partial charge in [-0.1, -0.05) is 0 Å². The van der Waals surface area contributed by atoms with Gasteiger partial charge in [-0.3, -0.25) is 4.98 Å². The fourth-order valence-electron chi connectivity index (χ4n) is 0.700. The Morgan fingerprint density at radius 2 is 2.08 bits per heavy atom. The molecule has 0 amide bonds. The standard InChI is InChI=1S/C7H6ClF2N.ClH/c8-2-5-1-6(7(9)10)4-11-3-5;/h1,3-4,7H,2H2;1H. The van der Waals surface area contributed by atoms with Crippen LogP contribution in [0.1, 0.15) is 17.6 Å². The zero-order chi connectivity index (χ0) is 8.27. The highest BCUT2D eigenvalue weighted by molar-refractivity contribution is 6.17. The summed E-state index contributed by atoms with van der Waals surface area (Å²) in [7, 11) is 0. The van der Waals surface area contributed by atoms with E-state index in [1.165, 1.54) is 12.3 Å². The van der Waals surface area contributed by atoms with Gasteiger partial charge in [0.25, 0.3) is 6.43 Å². The molecule has 0 N–H and O–H groups in total. The molecule has 12 heavy (non-hydrogen) atoms. The topological polar surface area (TPSA) is 12.9 Å². The second kappa shape index (κ2) is 5.27. The van der Waals surface area contributed by atoms with Crippen molar-refractivity contribution in [1.29, 1.82) is 0 Å². The molecule has 0 aliphatic rings. The zero-order valence-electron chi connectivity index (χ0n) is 6.01. The maximum Gasteiger partial charge on any atom is 0.265 e. The summed E-state index contributed by atoms with van der Waals surface area (Å²) in [6.07, 6.45) is 0.144. The second-order valence-corrected chi connectivity index (χ2v) is 2.33. The SMILES string of the molecule is Cl.FC(F)c1cncc(CCl)c1. The smallest absolute Gasteiger partial charge is 0.264 e. The summed E-state index contributed by atoms with van der Waals surface area (Å²) in [6.45, 7) is 0. The van der Waals surface area contributed by atoms with Crippen LogP contribution in [-0.4, -0.2) is 4.98 Å². The number of hydrogen-bond acceptors (Lipinski definition) is 1. The van der Waals surface area contributed by atoms with Crippen molar-refractivity contribution in [3.8, 4) is 0 Å². The van der Waals surface area contributed by atoms with Gasteiger partial charge in [0.2, 0.25) is 0 Å². The van der Waals surface area contributed by atoms with Crippen molar-refractivity contribution in [3.63, 3.8) is 0 Å². The highest BCUT2D eigenvalue weighted by atomic mass is 35.5.